The van der Waals surface area contributed by atoms with Gasteiger partial charge in [0.05, 0.1) is 50.6 Å². The molecule has 0 amide bonds. The molecule has 6 heteroatoms. The van der Waals surface area contributed by atoms with Crippen LogP contribution in [0.2, 0.25) is 0 Å². The van der Waals surface area contributed by atoms with Crippen LogP contribution in [-0.4, -0.2) is 9.13 Å². The molecule has 0 spiro atoms. The lowest BCUT2D eigenvalue weighted by molar-refractivity contribution is -0.137. The third kappa shape index (κ3) is 7.71. The van der Waals surface area contributed by atoms with Crippen LogP contribution in [0.4, 0.5) is 13.2 Å². The van der Waals surface area contributed by atoms with Gasteiger partial charge >= 0.3 is 6.18 Å². The number of aromatic nitrogens is 2. The molecule has 12 aromatic rings. The minimum absolute atomic E-state index is 0.330. The maximum absolute atomic E-state index is 16.2. The van der Waals surface area contributed by atoms with E-state index in [-0.39, 0.29) is 0 Å². The van der Waals surface area contributed by atoms with Gasteiger partial charge in [-0.15, -0.1) is 0 Å². The smallest absolute Gasteiger partial charge is 0.308 e. The van der Waals surface area contributed by atoms with Crippen molar-refractivity contribution in [2.24, 2.45) is 0 Å². The number of nitrogens with zero attached hydrogens (tertiary/aromatic N) is 3. The topological polar surface area (TPSA) is 33.6 Å². The first-order chi connectivity index (χ1) is 34.9. The molecule has 2 heterocycles. The van der Waals surface area contributed by atoms with E-state index in [4.69, 9.17) is 0 Å². The van der Waals surface area contributed by atoms with E-state index in [0.717, 1.165) is 110 Å². The second-order valence-electron chi connectivity index (χ2n) is 19.1. The van der Waals surface area contributed by atoms with Crippen molar-refractivity contribution in [3.8, 4) is 73.1 Å². The van der Waals surface area contributed by atoms with Crippen molar-refractivity contribution >= 4 is 43.6 Å². The van der Waals surface area contributed by atoms with Gasteiger partial charge in [-0.05, 0) is 126 Å². The maximum Gasteiger partial charge on any atom is 0.416 e. The van der Waals surface area contributed by atoms with Crippen LogP contribution in [0.3, 0.4) is 0 Å². The molecule has 0 fully saturated rings. The van der Waals surface area contributed by atoms with Crippen molar-refractivity contribution in [1.29, 1.82) is 5.26 Å². The quantitative estimate of drug-likeness (QED) is 0.157. The van der Waals surface area contributed by atoms with Gasteiger partial charge in [0, 0.05) is 27.1 Å². The molecule has 0 saturated heterocycles. The fraction of sp³-hybridized carbons (Fsp3) is 0.0758. The predicted octanol–water partition coefficient (Wildman–Crippen LogP) is 18.3. The molecule has 0 saturated carbocycles. The Morgan fingerprint density at radius 1 is 0.347 bits per heavy atom. The minimum atomic E-state index is -4.76. The van der Waals surface area contributed by atoms with Crippen LogP contribution < -0.4 is 0 Å². The van der Waals surface area contributed by atoms with Crippen molar-refractivity contribution in [3.05, 3.63) is 240 Å². The lowest BCUT2D eigenvalue weighted by atomic mass is 9.96. The number of alkyl halides is 3. The first-order valence-electron chi connectivity index (χ1n) is 24.1. The lowest BCUT2D eigenvalue weighted by Crippen LogP contribution is -2.11. The molecular formula is C66H46F3N3. The molecule has 3 nitrogen and oxygen atoms in total. The Kier molecular flexibility index (Phi) is 10.6. The summed E-state index contributed by atoms with van der Waals surface area (Å²) in [7, 11) is 0. The highest BCUT2D eigenvalue weighted by atomic mass is 19.4. The fourth-order valence-electron chi connectivity index (χ4n) is 10.4. The molecule has 10 aromatic carbocycles. The van der Waals surface area contributed by atoms with Crippen LogP contribution >= 0.6 is 0 Å². The second kappa shape index (κ2) is 17.2. The van der Waals surface area contributed by atoms with Gasteiger partial charge in [-0.25, -0.2) is 0 Å². The minimum Gasteiger partial charge on any atom is -0.308 e. The van der Waals surface area contributed by atoms with Crippen LogP contribution in [0.5, 0.6) is 0 Å². The number of benzene rings is 10. The van der Waals surface area contributed by atoms with Gasteiger partial charge in [-0.3, -0.25) is 0 Å². The van der Waals surface area contributed by atoms with E-state index < -0.39 is 11.7 Å². The van der Waals surface area contributed by atoms with E-state index in [1.165, 1.54) is 12.1 Å². The Labute approximate surface area is 415 Å². The standard InChI is InChI=1S/C66H46F3N3/c1-40-8-16-45(17-9-40)49-24-28-55-56-29-25-50(46-18-10-41(2)11-19-46)34-60(56)71(59(55)33-49)63-37-54(66(67,68)69)38-64(65(63)53-7-5-6-44(32-53)39-70)72-61-35-51(47-20-12-42(3)13-21-47)26-30-57(61)58-31-27-52(36-62(58)72)48-22-14-43(4)15-23-48/h5-38H,1-4H3. The molecule has 0 radical (unpaired) electrons. The van der Waals surface area contributed by atoms with Crippen LogP contribution in [0.1, 0.15) is 33.4 Å². The molecular weight excluding hydrogens is 892 g/mol. The Balaban J connectivity index is 1.27. The largest absolute Gasteiger partial charge is 0.416 e. The SMILES string of the molecule is Cc1ccc(-c2ccc3c4ccc(-c5ccc(C)cc5)cc4n(-c4cc(C(F)(F)F)cc(-n5c6cc(-c7ccc(C)cc7)ccc6c6ccc(-c7ccc(C)cc7)cc65)c4-c4cccc(C#N)c4)c3c2)cc1. The molecule has 0 N–H and O–H groups in total. The monoisotopic (exact) mass is 937 g/mol. The second-order valence-corrected chi connectivity index (χ2v) is 19.1. The summed E-state index contributed by atoms with van der Waals surface area (Å²) in [5.74, 6) is 0. The van der Waals surface area contributed by atoms with Gasteiger partial charge < -0.3 is 9.13 Å². The van der Waals surface area contributed by atoms with Crippen molar-refractivity contribution in [1.82, 2.24) is 9.13 Å². The van der Waals surface area contributed by atoms with Crippen LogP contribution in [0.25, 0.3) is 111 Å². The lowest BCUT2D eigenvalue weighted by Gasteiger charge is -2.23. The van der Waals surface area contributed by atoms with Gasteiger partial charge in [0.25, 0.3) is 0 Å². The number of rotatable bonds is 7. The predicted molar refractivity (Wildman–Crippen MR) is 291 cm³/mol. The Bertz CT molecular complexity index is 3710. The molecule has 2 aromatic heterocycles. The van der Waals surface area contributed by atoms with Gasteiger partial charge in [-0.2, -0.15) is 18.4 Å². The van der Waals surface area contributed by atoms with Gasteiger partial charge in [0.1, 0.15) is 0 Å². The third-order valence-corrected chi connectivity index (χ3v) is 14.3. The molecule has 0 atom stereocenters. The molecule has 72 heavy (non-hydrogen) atoms. The number of aryl methyl sites for hydroxylation is 4. The van der Waals surface area contributed by atoms with E-state index in [9.17, 15) is 5.26 Å². The number of hydrogen-bond donors (Lipinski definition) is 0. The van der Waals surface area contributed by atoms with Crippen LogP contribution in [0.15, 0.2) is 206 Å². The molecule has 0 unspecified atom stereocenters. The highest BCUT2D eigenvalue weighted by molar-refractivity contribution is 6.14. The van der Waals surface area contributed by atoms with Crippen molar-refractivity contribution in [3.63, 3.8) is 0 Å². The summed E-state index contributed by atoms with van der Waals surface area (Å²) in [6.45, 7) is 8.20. The van der Waals surface area contributed by atoms with Crippen LogP contribution in [-0.2, 0) is 6.18 Å². The first kappa shape index (κ1) is 44.3. The average Bonchev–Trinajstić information content (AvgIpc) is 3.90. The van der Waals surface area contributed by atoms with E-state index in [0.29, 0.717) is 28.1 Å². The Morgan fingerprint density at radius 2 is 0.653 bits per heavy atom. The summed E-state index contributed by atoms with van der Waals surface area (Å²) in [6, 6.07) is 70.5. The van der Waals surface area contributed by atoms with Crippen molar-refractivity contribution < 1.29 is 13.2 Å². The van der Waals surface area contributed by atoms with Crippen molar-refractivity contribution in [2.75, 3.05) is 0 Å². The van der Waals surface area contributed by atoms with E-state index in [2.05, 4.69) is 176 Å². The average molecular weight is 938 g/mol. The number of halogens is 3. The molecule has 0 aliphatic carbocycles. The summed E-state index contributed by atoms with van der Waals surface area (Å²) < 4.78 is 52.5. The molecule has 12 rings (SSSR count). The van der Waals surface area contributed by atoms with Gasteiger partial charge in [-0.1, -0.05) is 180 Å². The van der Waals surface area contributed by atoms with Crippen molar-refractivity contribution in [2.45, 2.75) is 33.9 Å². The highest BCUT2D eigenvalue weighted by Crippen LogP contribution is 2.47. The van der Waals surface area contributed by atoms with E-state index >= 15 is 13.2 Å². The maximum atomic E-state index is 16.2. The highest BCUT2D eigenvalue weighted by Gasteiger charge is 2.35. The Hall–Kier alpha value is -8.92. The van der Waals surface area contributed by atoms with Gasteiger partial charge in [0.2, 0.25) is 0 Å². The fourth-order valence-corrected chi connectivity index (χ4v) is 10.4. The van der Waals surface area contributed by atoms with Crippen LogP contribution in [0, 0.1) is 39.0 Å². The molecule has 0 aliphatic rings. The Morgan fingerprint density at radius 3 is 0.944 bits per heavy atom. The third-order valence-electron chi connectivity index (χ3n) is 14.3. The summed E-state index contributed by atoms with van der Waals surface area (Å²) in [6.07, 6.45) is -4.76. The summed E-state index contributed by atoms with van der Waals surface area (Å²) in [5.41, 5.74) is 16.6. The zero-order valence-electron chi connectivity index (χ0n) is 40.1. The zero-order chi connectivity index (χ0) is 49.4. The number of nitriles is 1. The van der Waals surface area contributed by atoms with E-state index in [1.54, 1.807) is 12.1 Å². The number of hydrogen-bond acceptors (Lipinski definition) is 1. The first-order valence-corrected chi connectivity index (χ1v) is 24.1. The summed E-state index contributed by atoms with van der Waals surface area (Å²) in [4.78, 5) is 0. The molecule has 0 aliphatic heterocycles. The molecule has 346 valence electrons. The zero-order valence-corrected chi connectivity index (χ0v) is 40.1. The summed E-state index contributed by atoms with van der Waals surface area (Å²) >= 11 is 0. The normalized spacial score (nSPS) is 11.8. The summed E-state index contributed by atoms with van der Waals surface area (Å²) in [5, 5.41) is 14.0. The number of fused-ring (bicyclic) bond motifs is 6. The molecule has 0 bridgehead atoms. The van der Waals surface area contributed by atoms with Gasteiger partial charge in [0.15, 0.2) is 0 Å². The van der Waals surface area contributed by atoms with E-state index in [1.807, 2.05) is 49.0 Å².